The first-order chi connectivity index (χ1) is 17.9. The highest BCUT2D eigenvalue weighted by molar-refractivity contribution is 7.13. The van der Waals surface area contributed by atoms with Crippen LogP contribution in [0.3, 0.4) is 0 Å². The van der Waals surface area contributed by atoms with Crippen LogP contribution in [0.1, 0.15) is 71.5 Å². The van der Waals surface area contributed by atoms with Crippen molar-refractivity contribution in [3.63, 3.8) is 0 Å². The van der Waals surface area contributed by atoms with Crippen molar-refractivity contribution < 1.29 is 18.7 Å². The summed E-state index contributed by atoms with van der Waals surface area (Å²) in [5.74, 6) is 0.841. The van der Waals surface area contributed by atoms with E-state index >= 15 is 0 Å². The Bertz CT molecular complexity index is 1510. The van der Waals surface area contributed by atoms with Crippen molar-refractivity contribution in [2.24, 2.45) is 0 Å². The molecule has 1 aliphatic rings. The van der Waals surface area contributed by atoms with Crippen molar-refractivity contribution in [1.29, 1.82) is 0 Å². The summed E-state index contributed by atoms with van der Waals surface area (Å²) < 4.78 is 17.8. The molecule has 5 rings (SSSR count). The molecule has 1 amide bonds. The highest BCUT2D eigenvalue weighted by Gasteiger charge is 2.45. The highest BCUT2D eigenvalue weighted by Crippen LogP contribution is 2.43. The normalized spacial score (nSPS) is 14.9. The summed E-state index contributed by atoms with van der Waals surface area (Å²) in [6.45, 7) is 6.68. The Morgan fingerprint density at radius 2 is 1.86 bits per heavy atom. The van der Waals surface area contributed by atoms with Crippen molar-refractivity contribution in [3.8, 4) is 11.5 Å². The number of thiazole rings is 1. The van der Waals surface area contributed by atoms with Crippen LogP contribution >= 0.6 is 11.3 Å². The first-order valence-electron chi connectivity index (χ1n) is 12.6. The Balaban J connectivity index is 1.62. The quantitative estimate of drug-likeness (QED) is 0.233. The highest BCUT2D eigenvalue weighted by atomic mass is 32.1. The molecule has 2 aromatic carbocycles. The van der Waals surface area contributed by atoms with E-state index in [9.17, 15) is 9.59 Å². The predicted octanol–water partition coefficient (Wildman–Crippen LogP) is 6.58. The topological polar surface area (TPSA) is 81.9 Å². The molecule has 0 fully saturated rings. The molecular weight excluding hydrogens is 488 g/mol. The molecule has 7 nitrogen and oxygen atoms in total. The SMILES string of the molecule is CCCCCCOc1ccc(C2c3c(oc4cc(C)c(C)cc4c3=O)C(=O)N2c2nccs2)cc1OC. The average molecular weight is 519 g/mol. The Morgan fingerprint density at radius 1 is 1.05 bits per heavy atom. The van der Waals surface area contributed by atoms with Gasteiger partial charge < -0.3 is 13.9 Å². The first-order valence-corrected chi connectivity index (χ1v) is 13.4. The summed E-state index contributed by atoms with van der Waals surface area (Å²) in [6, 6.07) is 8.49. The van der Waals surface area contributed by atoms with Crippen LogP contribution in [0.25, 0.3) is 11.0 Å². The molecule has 4 aromatic rings. The van der Waals surface area contributed by atoms with Crippen LogP contribution in [-0.4, -0.2) is 24.6 Å². The Kier molecular flexibility index (Phi) is 7.02. The van der Waals surface area contributed by atoms with E-state index in [-0.39, 0.29) is 17.1 Å². The van der Waals surface area contributed by atoms with Gasteiger partial charge in [-0.2, -0.15) is 0 Å². The maximum atomic E-state index is 13.9. The van der Waals surface area contributed by atoms with Gasteiger partial charge in [0.2, 0.25) is 5.76 Å². The van der Waals surface area contributed by atoms with Gasteiger partial charge in [0.05, 0.1) is 30.7 Å². The zero-order chi connectivity index (χ0) is 26.1. The van der Waals surface area contributed by atoms with Gasteiger partial charge in [0, 0.05) is 11.6 Å². The van der Waals surface area contributed by atoms with Gasteiger partial charge in [-0.05, 0) is 61.2 Å². The molecule has 37 heavy (non-hydrogen) atoms. The van der Waals surface area contributed by atoms with Gasteiger partial charge in [-0.3, -0.25) is 14.5 Å². The number of benzene rings is 2. The Morgan fingerprint density at radius 3 is 2.59 bits per heavy atom. The Hall–Kier alpha value is -3.65. The molecule has 0 N–H and O–H groups in total. The van der Waals surface area contributed by atoms with Crippen LogP contribution in [0.2, 0.25) is 0 Å². The molecule has 1 aliphatic heterocycles. The van der Waals surface area contributed by atoms with E-state index in [0.717, 1.165) is 30.4 Å². The standard InChI is InChI=1S/C29H30N2O5S/c1-5-6-7-8-12-35-21-10-9-19(16-23(21)34-4)25-24-26(32)20-14-17(2)18(3)15-22(20)36-27(24)28(33)31(25)29-30-11-13-37-29/h9-11,13-16,25H,5-8,12H2,1-4H3. The zero-order valence-corrected chi connectivity index (χ0v) is 22.3. The van der Waals surface area contributed by atoms with Crippen LogP contribution in [-0.2, 0) is 0 Å². The molecule has 1 atom stereocenters. The molecular formula is C29H30N2O5S. The number of ether oxygens (including phenoxy) is 2. The van der Waals surface area contributed by atoms with Gasteiger partial charge in [-0.25, -0.2) is 4.98 Å². The number of fused-ring (bicyclic) bond motifs is 2. The van der Waals surface area contributed by atoms with Crippen LogP contribution < -0.4 is 19.8 Å². The van der Waals surface area contributed by atoms with E-state index in [1.807, 2.05) is 44.2 Å². The maximum Gasteiger partial charge on any atom is 0.297 e. The first kappa shape index (κ1) is 25.0. The number of hydrogen-bond donors (Lipinski definition) is 0. The molecule has 0 radical (unpaired) electrons. The lowest BCUT2D eigenvalue weighted by atomic mass is 9.97. The smallest absolute Gasteiger partial charge is 0.297 e. The third kappa shape index (κ3) is 4.50. The van der Waals surface area contributed by atoms with Crippen LogP contribution in [0, 0.1) is 13.8 Å². The summed E-state index contributed by atoms with van der Waals surface area (Å²) in [5, 5.41) is 2.75. The van der Waals surface area contributed by atoms with E-state index in [1.165, 1.54) is 17.8 Å². The molecule has 0 aliphatic carbocycles. The number of carbonyl (C=O) groups is 1. The summed E-state index contributed by atoms with van der Waals surface area (Å²) in [6.07, 6.45) is 6.06. The van der Waals surface area contributed by atoms with E-state index in [4.69, 9.17) is 13.9 Å². The molecule has 0 spiro atoms. The van der Waals surface area contributed by atoms with Crippen LogP contribution in [0.15, 0.2) is 51.1 Å². The second-order valence-corrected chi connectivity index (χ2v) is 10.2. The van der Waals surface area contributed by atoms with E-state index in [0.29, 0.717) is 45.3 Å². The molecule has 192 valence electrons. The van der Waals surface area contributed by atoms with Gasteiger partial charge >= 0.3 is 0 Å². The Labute approximate surface area is 219 Å². The molecule has 3 heterocycles. The lowest BCUT2D eigenvalue weighted by molar-refractivity contribution is 0.0971. The summed E-state index contributed by atoms with van der Waals surface area (Å²) >= 11 is 1.33. The van der Waals surface area contributed by atoms with Gasteiger partial charge in [-0.1, -0.05) is 32.3 Å². The third-order valence-electron chi connectivity index (χ3n) is 6.87. The van der Waals surface area contributed by atoms with Crippen LogP contribution in [0.5, 0.6) is 11.5 Å². The van der Waals surface area contributed by atoms with Crippen molar-refractivity contribution >= 4 is 33.3 Å². The number of rotatable bonds is 9. The minimum atomic E-state index is -0.705. The molecule has 8 heteroatoms. The average Bonchev–Trinajstić information content (AvgIpc) is 3.52. The molecule has 0 bridgehead atoms. The molecule has 0 saturated heterocycles. The number of unbranched alkanes of at least 4 members (excludes halogenated alkanes) is 3. The minimum Gasteiger partial charge on any atom is -0.493 e. The van der Waals surface area contributed by atoms with Gasteiger partial charge in [0.1, 0.15) is 5.58 Å². The van der Waals surface area contributed by atoms with Crippen molar-refractivity contribution in [1.82, 2.24) is 4.98 Å². The summed E-state index contributed by atoms with van der Waals surface area (Å²) in [5.41, 5.74) is 3.19. The monoisotopic (exact) mass is 518 g/mol. The fraction of sp³-hybridized carbons (Fsp3) is 0.345. The zero-order valence-electron chi connectivity index (χ0n) is 21.5. The number of carbonyl (C=O) groups excluding carboxylic acids is 1. The van der Waals surface area contributed by atoms with E-state index < -0.39 is 6.04 Å². The summed E-state index contributed by atoms with van der Waals surface area (Å²) in [4.78, 5) is 33.5. The van der Waals surface area contributed by atoms with Crippen molar-refractivity contribution in [2.75, 3.05) is 18.6 Å². The minimum absolute atomic E-state index is 0.0520. The number of amides is 1. The number of anilines is 1. The third-order valence-corrected chi connectivity index (χ3v) is 7.64. The fourth-order valence-electron chi connectivity index (χ4n) is 4.76. The second kappa shape index (κ2) is 10.4. The van der Waals surface area contributed by atoms with Crippen molar-refractivity contribution in [2.45, 2.75) is 52.5 Å². The molecule has 2 aromatic heterocycles. The summed E-state index contributed by atoms with van der Waals surface area (Å²) in [7, 11) is 1.59. The predicted molar refractivity (Wildman–Crippen MR) is 145 cm³/mol. The second-order valence-electron chi connectivity index (χ2n) is 9.32. The van der Waals surface area contributed by atoms with Gasteiger partial charge in [0.25, 0.3) is 5.91 Å². The lowest BCUT2D eigenvalue weighted by Gasteiger charge is -2.23. The number of nitrogens with zero attached hydrogens (tertiary/aromatic N) is 2. The van der Waals surface area contributed by atoms with Gasteiger partial charge in [-0.15, -0.1) is 11.3 Å². The number of hydrogen-bond acceptors (Lipinski definition) is 7. The molecule has 0 saturated carbocycles. The van der Waals surface area contributed by atoms with E-state index in [2.05, 4.69) is 11.9 Å². The number of aromatic nitrogens is 1. The van der Waals surface area contributed by atoms with Crippen molar-refractivity contribution in [3.05, 3.63) is 80.1 Å². The van der Waals surface area contributed by atoms with Gasteiger partial charge in [0.15, 0.2) is 22.1 Å². The largest absolute Gasteiger partial charge is 0.493 e. The molecule has 1 unspecified atom stereocenters. The maximum absolute atomic E-state index is 13.9. The fourth-order valence-corrected chi connectivity index (χ4v) is 5.43. The lowest BCUT2D eigenvalue weighted by Crippen LogP contribution is -2.29. The number of aryl methyl sites for hydroxylation is 2. The van der Waals surface area contributed by atoms with E-state index in [1.54, 1.807) is 23.6 Å². The number of methoxy groups -OCH3 is 1. The van der Waals surface area contributed by atoms with Crippen LogP contribution in [0.4, 0.5) is 5.13 Å².